The van der Waals surface area contributed by atoms with Crippen LogP contribution >= 0.6 is 23.5 Å². The zero-order valence-electron chi connectivity index (χ0n) is 9.50. The second kappa shape index (κ2) is 5.98. The van der Waals surface area contributed by atoms with Crippen molar-refractivity contribution in [1.29, 1.82) is 0 Å². The summed E-state index contributed by atoms with van der Waals surface area (Å²) in [6.45, 7) is 0. The fourth-order valence-corrected chi connectivity index (χ4v) is 4.67. The molecule has 5 heteroatoms. The third-order valence-electron chi connectivity index (χ3n) is 2.89. The molecule has 16 heavy (non-hydrogen) atoms. The van der Waals surface area contributed by atoms with Gasteiger partial charge in [0.05, 0.1) is 6.10 Å². The molecule has 1 aliphatic heterocycles. The molecule has 0 saturated carbocycles. The van der Waals surface area contributed by atoms with E-state index in [1.54, 1.807) is 0 Å². The fourth-order valence-electron chi connectivity index (χ4n) is 1.86. The van der Waals surface area contributed by atoms with E-state index in [9.17, 15) is 5.11 Å². The van der Waals surface area contributed by atoms with Crippen molar-refractivity contribution in [3.05, 3.63) is 18.0 Å². The number of rotatable bonds is 4. The second-order valence-electron chi connectivity index (χ2n) is 4.04. The van der Waals surface area contributed by atoms with Gasteiger partial charge in [-0.2, -0.15) is 28.6 Å². The lowest BCUT2D eigenvalue weighted by molar-refractivity contribution is 0.166. The molecule has 1 aliphatic rings. The van der Waals surface area contributed by atoms with Crippen molar-refractivity contribution in [2.45, 2.75) is 24.2 Å². The summed E-state index contributed by atoms with van der Waals surface area (Å²) in [6.07, 6.45) is 3.40. The molecule has 1 aromatic heterocycles. The van der Waals surface area contributed by atoms with Gasteiger partial charge in [-0.25, -0.2) is 0 Å². The molecule has 0 bridgehead atoms. The molecule has 1 aromatic rings. The summed E-state index contributed by atoms with van der Waals surface area (Å²) < 4.78 is 1.88. The van der Waals surface area contributed by atoms with E-state index in [0.717, 1.165) is 18.6 Å². The molecule has 2 atom stereocenters. The third-order valence-corrected chi connectivity index (χ3v) is 5.80. The van der Waals surface area contributed by atoms with Crippen LogP contribution in [0.2, 0.25) is 0 Å². The number of aliphatic hydroxyl groups excluding tert-OH is 1. The summed E-state index contributed by atoms with van der Waals surface area (Å²) >= 11 is 3.88. The maximum absolute atomic E-state index is 10.1. The highest BCUT2D eigenvalue weighted by molar-refractivity contribution is 8.06. The van der Waals surface area contributed by atoms with Gasteiger partial charge in [0.25, 0.3) is 0 Å². The van der Waals surface area contributed by atoms with Crippen molar-refractivity contribution in [1.82, 2.24) is 9.78 Å². The predicted molar refractivity (Wildman–Crippen MR) is 71.1 cm³/mol. The van der Waals surface area contributed by atoms with E-state index >= 15 is 0 Å². The molecule has 2 rings (SSSR count). The van der Waals surface area contributed by atoms with Crippen molar-refractivity contribution in [3.63, 3.8) is 0 Å². The van der Waals surface area contributed by atoms with Gasteiger partial charge in [-0.15, -0.1) is 0 Å². The lowest BCUT2D eigenvalue weighted by Gasteiger charge is -2.25. The Balaban J connectivity index is 1.78. The lowest BCUT2D eigenvalue weighted by Crippen LogP contribution is -2.29. The Kier molecular flexibility index (Phi) is 4.61. The van der Waals surface area contributed by atoms with Crippen LogP contribution in [0.4, 0.5) is 0 Å². The molecule has 90 valence electrons. The molecular formula is C11H18N2OS2. The molecule has 2 heterocycles. The molecule has 0 aliphatic carbocycles. The highest BCUT2D eigenvalue weighted by Crippen LogP contribution is 2.27. The van der Waals surface area contributed by atoms with Crippen LogP contribution in [0.25, 0.3) is 0 Å². The highest BCUT2D eigenvalue weighted by atomic mass is 32.2. The van der Waals surface area contributed by atoms with Crippen LogP contribution in [0.3, 0.4) is 0 Å². The molecule has 0 radical (unpaired) electrons. The Morgan fingerprint density at radius 2 is 2.50 bits per heavy atom. The van der Waals surface area contributed by atoms with Gasteiger partial charge in [-0.3, -0.25) is 4.68 Å². The summed E-state index contributed by atoms with van der Waals surface area (Å²) in [6, 6.07) is 2.02. The van der Waals surface area contributed by atoms with E-state index in [1.165, 1.54) is 17.2 Å². The van der Waals surface area contributed by atoms with Gasteiger partial charge in [0, 0.05) is 41.4 Å². The first-order chi connectivity index (χ1) is 7.77. The van der Waals surface area contributed by atoms with Crippen LogP contribution < -0.4 is 0 Å². The van der Waals surface area contributed by atoms with Crippen molar-refractivity contribution < 1.29 is 5.11 Å². The Morgan fingerprint density at radius 3 is 3.12 bits per heavy atom. The summed E-state index contributed by atoms with van der Waals surface area (Å²) in [7, 11) is 1.95. The topological polar surface area (TPSA) is 38.0 Å². The summed E-state index contributed by atoms with van der Waals surface area (Å²) in [5.74, 6) is 3.50. The average molecular weight is 258 g/mol. The number of aliphatic hydroxyl groups is 1. The Morgan fingerprint density at radius 1 is 1.62 bits per heavy atom. The SMILES string of the molecule is Cn1nccc1CCC(O)C1CSCCS1. The first-order valence-electron chi connectivity index (χ1n) is 5.61. The minimum Gasteiger partial charge on any atom is -0.392 e. The molecule has 0 aromatic carbocycles. The smallest absolute Gasteiger partial charge is 0.0670 e. The van der Waals surface area contributed by atoms with Crippen molar-refractivity contribution >= 4 is 23.5 Å². The monoisotopic (exact) mass is 258 g/mol. The minimum absolute atomic E-state index is 0.173. The number of hydrogen-bond donors (Lipinski definition) is 1. The molecule has 0 spiro atoms. The van der Waals surface area contributed by atoms with Gasteiger partial charge in [-0.05, 0) is 18.9 Å². The van der Waals surface area contributed by atoms with Crippen LogP contribution in [-0.2, 0) is 13.5 Å². The molecular weight excluding hydrogens is 240 g/mol. The van der Waals surface area contributed by atoms with E-state index in [4.69, 9.17) is 0 Å². The number of nitrogens with zero attached hydrogens (tertiary/aromatic N) is 2. The molecule has 1 N–H and O–H groups in total. The predicted octanol–water partition coefficient (Wildman–Crippen LogP) is 1.56. The van der Waals surface area contributed by atoms with Crippen molar-refractivity contribution in [2.24, 2.45) is 7.05 Å². The standard InChI is InChI=1S/C11H18N2OS2/c1-13-9(4-5-12-13)2-3-10(14)11-8-15-6-7-16-11/h4-5,10-11,14H,2-3,6-8H2,1H3. The van der Waals surface area contributed by atoms with Gasteiger partial charge in [0.2, 0.25) is 0 Å². The number of aromatic nitrogens is 2. The van der Waals surface area contributed by atoms with E-state index in [-0.39, 0.29) is 6.10 Å². The summed E-state index contributed by atoms with van der Waals surface area (Å²) in [5.41, 5.74) is 1.20. The zero-order valence-corrected chi connectivity index (χ0v) is 11.1. The average Bonchev–Trinajstić information content (AvgIpc) is 2.73. The molecule has 2 unspecified atom stereocenters. The van der Waals surface area contributed by atoms with Gasteiger partial charge in [-0.1, -0.05) is 0 Å². The Labute approximate surface area is 105 Å². The van der Waals surface area contributed by atoms with Gasteiger partial charge < -0.3 is 5.11 Å². The third kappa shape index (κ3) is 3.18. The minimum atomic E-state index is -0.173. The highest BCUT2D eigenvalue weighted by Gasteiger charge is 2.22. The summed E-state index contributed by atoms with van der Waals surface area (Å²) in [4.78, 5) is 0. The van der Waals surface area contributed by atoms with Crippen molar-refractivity contribution in [3.8, 4) is 0 Å². The van der Waals surface area contributed by atoms with Crippen LogP contribution in [0.1, 0.15) is 12.1 Å². The molecule has 0 amide bonds. The molecule has 1 fully saturated rings. The Bertz CT molecular complexity index is 324. The van der Waals surface area contributed by atoms with Gasteiger partial charge >= 0.3 is 0 Å². The van der Waals surface area contributed by atoms with Crippen LogP contribution in [0.5, 0.6) is 0 Å². The normalized spacial score (nSPS) is 23.2. The van der Waals surface area contributed by atoms with E-state index in [0.29, 0.717) is 5.25 Å². The first kappa shape index (κ1) is 12.3. The molecule has 1 saturated heterocycles. The quantitative estimate of drug-likeness (QED) is 0.889. The lowest BCUT2D eigenvalue weighted by atomic mass is 10.1. The van der Waals surface area contributed by atoms with E-state index < -0.39 is 0 Å². The number of hydrogen-bond acceptors (Lipinski definition) is 4. The van der Waals surface area contributed by atoms with E-state index in [2.05, 4.69) is 5.10 Å². The van der Waals surface area contributed by atoms with Crippen LogP contribution in [0, 0.1) is 0 Å². The number of aryl methyl sites for hydroxylation is 2. The zero-order chi connectivity index (χ0) is 11.4. The summed E-state index contributed by atoms with van der Waals surface area (Å²) in [5, 5.41) is 14.7. The molecule has 3 nitrogen and oxygen atoms in total. The largest absolute Gasteiger partial charge is 0.392 e. The first-order valence-corrected chi connectivity index (χ1v) is 7.82. The Hall–Kier alpha value is -0.130. The van der Waals surface area contributed by atoms with E-state index in [1.807, 2.05) is 47.5 Å². The van der Waals surface area contributed by atoms with Gasteiger partial charge in [0.1, 0.15) is 0 Å². The van der Waals surface area contributed by atoms with Crippen LogP contribution in [0.15, 0.2) is 12.3 Å². The number of thioether (sulfide) groups is 2. The fraction of sp³-hybridized carbons (Fsp3) is 0.727. The maximum atomic E-state index is 10.1. The maximum Gasteiger partial charge on any atom is 0.0670 e. The second-order valence-corrected chi connectivity index (χ2v) is 6.53. The van der Waals surface area contributed by atoms with Crippen molar-refractivity contribution in [2.75, 3.05) is 17.3 Å². The van der Waals surface area contributed by atoms with Gasteiger partial charge in [0.15, 0.2) is 0 Å². The van der Waals surface area contributed by atoms with Crippen LogP contribution in [-0.4, -0.2) is 43.5 Å².